The molecule has 0 atom stereocenters. The summed E-state index contributed by atoms with van der Waals surface area (Å²) in [6, 6.07) is 59.5. The number of hydrogen-bond donors (Lipinski definition) is 0. The van der Waals surface area contributed by atoms with Crippen LogP contribution in [0.5, 0.6) is 0 Å². The Morgan fingerprint density at radius 3 is 1.27 bits per heavy atom. The lowest BCUT2D eigenvalue weighted by Crippen LogP contribution is -1.99. The van der Waals surface area contributed by atoms with E-state index in [4.69, 9.17) is 0 Å². The van der Waals surface area contributed by atoms with Gasteiger partial charge in [0.05, 0.1) is 22.1 Å². The van der Waals surface area contributed by atoms with E-state index in [-0.39, 0.29) is 10.3 Å². The summed E-state index contributed by atoms with van der Waals surface area (Å²) in [5, 5.41) is 15.4. The molecule has 4 nitrogen and oxygen atoms in total. The Hall–Kier alpha value is -6.74. The lowest BCUT2D eigenvalue weighted by atomic mass is 9.93. The molecular weight excluding hydrogens is 643 g/mol. The van der Waals surface area contributed by atoms with Gasteiger partial charge in [-0.05, 0) is 94.4 Å². The number of benzene rings is 7. The summed E-state index contributed by atoms with van der Waals surface area (Å²) in [4.78, 5) is 12.8. The Bertz CT molecular complexity index is 3000. The summed E-state index contributed by atoms with van der Waals surface area (Å²) in [5.41, 5.74) is 11.2. The number of nitriles is 1. The molecule has 0 aliphatic heterocycles. The van der Waals surface area contributed by atoms with Gasteiger partial charge < -0.3 is 9.13 Å². The molecule has 5 heteroatoms. The molecule has 10 rings (SSSR count). The summed E-state index contributed by atoms with van der Waals surface area (Å²) in [7, 11) is 0. The molecule has 0 bridgehead atoms. The molecule has 0 spiro atoms. The van der Waals surface area contributed by atoms with E-state index in [1.54, 1.807) is 6.07 Å². The second kappa shape index (κ2) is 11.4. The van der Waals surface area contributed by atoms with Crippen molar-refractivity contribution in [2.45, 2.75) is 0 Å². The molecule has 3 heterocycles. The van der Waals surface area contributed by atoms with Crippen LogP contribution in [0.4, 0.5) is 0 Å². The molecule has 0 fully saturated rings. The first-order chi connectivity index (χ1) is 25.2. The van der Waals surface area contributed by atoms with Crippen molar-refractivity contribution in [1.29, 1.82) is 5.26 Å². The van der Waals surface area contributed by atoms with Gasteiger partial charge in [-0.1, -0.05) is 108 Å². The van der Waals surface area contributed by atoms with E-state index in [9.17, 15) is 10.1 Å². The molecule has 0 radical (unpaired) electrons. The summed E-state index contributed by atoms with van der Waals surface area (Å²) < 4.78 is 5.27. The highest BCUT2D eigenvalue weighted by atomic mass is 32.1. The Balaban J connectivity index is 1.13. The van der Waals surface area contributed by atoms with Crippen molar-refractivity contribution in [2.75, 3.05) is 0 Å². The maximum absolute atomic E-state index is 12.8. The van der Waals surface area contributed by atoms with Gasteiger partial charge >= 0.3 is 0 Å². The van der Waals surface area contributed by atoms with Crippen LogP contribution in [0.1, 0.15) is 5.56 Å². The molecule has 238 valence electrons. The van der Waals surface area contributed by atoms with Gasteiger partial charge in [0.15, 0.2) is 0 Å². The number of nitrogens with zero attached hydrogens (tertiary/aromatic N) is 3. The van der Waals surface area contributed by atoms with Crippen LogP contribution in [0.25, 0.3) is 87.3 Å². The fourth-order valence-corrected chi connectivity index (χ4v) is 8.53. The predicted molar refractivity (Wildman–Crippen MR) is 212 cm³/mol. The fourth-order valence-electron chi connectivity index (χ4n) is 7.70. The lowest BCUT2D eigenvalue weighted by molar-refractivity contribution is 1.18. The number of rotatable bonds is 4. The molecule has 0 unspecified atom stereocenters. The molecule has 0 saturated heterocycles. The topological polar surface area (TPSA) is 50.7 Å². The number of hydrogen-bond acceptors (Lipinski definition) is 3. The summed E-state index contributed by atoms with van der Waals surface area (Å²) in [5.74, 6) is 0. The van der Waals surface area contributed by atoms with Gasteiger partial charge in [0.1, 0.15) is 11.6 Å². The normalized spacial score (nSPS) is 11.6. The third kappa shape index (κ3) is 4.55. The minimum Gasteiger partial charge on any atom is -0.309 e. The van der Waals surface area contributed by atoms with Crippen molar-refractivity contribution in [3.63, 3.8) is 0 Å². The largest absolute Gasteiger partial charge is 0.309 e. The van der Waals surface area contributed by atoms with E-state index in [2.05, 4.69) is 173 Å². The van der Waals surface area contributed by atoms with Gasteiger partial charge in [-0.25, -0.2) is 0 Å². The van der Waals surface area contributed by atoms with Gasteiger partial charge in [0.2, 0.25) is 0 Å². The van der Waals surface area contributed by atoms with E-state index >= 15 is 0 Å². The standard InChI is InChI=1S/C46H27N3OS/c47-28-32-25-31-26-39(29-17-21-33(22-18-29)48-41-13-5-1-9-35(41)36-10-2-6-14-42(36)48)40(27-45(31)51-46(32)50)30-19-23-34(24-20-30)49-43-15-7-3-11-37(43)38-12-4-8-16-44(38)49/h1-27H. The summed E-state index contributed by atoms with van der Waals surface area (Å²) in [6.07, 6.45) is 0. The highest BCUT2D eigenvalue weighted by Crippen LogP contribution is 2.39. The first-order valence-corrected chi connectivity index (χ1v) is 17.7. The highest BCUT2D eigenvalue weighted by molar-refractivity contribution is 7.16. The zero-order chi connectivity index (χ0) is 34.1. The molecule has 0 aliphatic carbocycles. The van der Waals surface area contributed by atoms with Crippen LogP contribution < -0.4 is 4.74 Å². The van der Waals surface area contributed by atoms with E-state index < -0.39 is 0 Å². The Labute approximate surface area is 296 Å². The lowest BCUT2D eigenvalue weighted by Gasteiger charge is -2.15. The van der Waals surface area contributed by atoms with Gasteiger partial charge in [0.25, 0.3) is 4.74 Å². The molecule has 7 aromatic carbocycles. The van der Waals surface area contributed by atoms with Crippen molar-refractivity contribution in [1.82, 2.24) is 9.13 Å². The molecular formula is C46H27N3OS. The maximum Gasteiger partial charge on any atom is 0.250 e. The van der Waals surface area contributed by atoms with E-state index in [1.807, 2.05) is 0 Å². The van der Waals surface area contributed by atoms with Crippen LogP contribution in [0.3, 0.4) is 0 Å². The fraction of sp³-hybridized carbons (Fsp3) is 0. The van der Waals surface area contributed by atoms with Gasteiger partial charge in [-0.3, -0.25) is 4.79 Å². The van der Waals surface area contributed by atoms with Crippen LogP contribution in [0.2, 0.25) is 0 Å². The van der Waals surface area contributed by atoms with Gasteiger partial charge in [0, 0.05) is 37.6 Å². The Morgan fingerprint density at radius 2 is 0.863 bits per heavy atom. The molecule has 0 amide bonds. The first-order valence-electron chi connectivity index (χ1n) is 16.9. The summed E-state index contributed by atoms with van der Waals surface area (Å²) >= 11 is 1.13. The Morgan fingerprint density at radius 1 is 0.471 bits per heavy atom. The van der Waals surface area contributed by atoms with Crippen molar-refractivity contribution in [3.8, 4) is 39.7 Å². The van der Waals surface area contributed by atoms with Crippen molar-refractivity contribution >= 4 is 65.0 Å². The predicted octanol–water partition coefficient (Wildman–Crippen LogP) is 11.7. The van der Waals surface area contributed by atoms with Crippen LogP contribution in [0, 0.1) is 11.3 Å². The molecule has 51 heavy (non-hydrogen) atoms. The monoisotopic (exact) mass is 669 g/mol. The van der Waals surface area contributed by atoms with Crippen molar-refractivity contribution < 1.29 is 0 Å². The molecule has 0 saturated carbocycles. The van der Waals surface area contributed by atoms with Crippen molar-refractivity contribution in [2.24, 2.45) is 0 Å². The summed E-state index contributed by atoms with van der Waals surface area (Å²) in [6.45, 7) is 0. The average molecular weight is 670 g/mol. The minimum atomic E-state index is -0.221. The average Bonchev–Trinajstić information content (AvgIpc) is 3.70. The number of para-hydroxylation sites is 4. The van der Waals surface area contributed by atoms with Gasteiger partial charge in [-0.15, -0.1) is 0 Å². The van der Waals surface area contributed by atoms with Crippen LogP contribution in [-0.4, -0.2) is 9.13 Å². The van der Waals surface area contributed by atoms with Crippen LogP contribution in [0.15, 0.2) is 169 Å². The smallest absolute Gasteiger partial charge is 0.250 e. The second-order valence-corrected chi connectivity index (χ2v) is 13.8. The van der Waals surface area contributed by atoms with Crippen molar-refractivity contribution in [3.05, 3.63) is 179 Å². The zero-order valence-electron chi connectivity index (χ0n) is 27.2. The minimum absolute atomic E-state index is 0.170. The number of fused-ring (bicyclic) bond motifs is 7. The molecule has 0 aliphatic rings. The highest BCUT2D eigenvalue weighted by Gasteiger charge is 2.16. The van der Waals surface area contributed by atoms with E-state index in [1.165, 1.54) is 43.6 Å². The van der Waals surface area contributed by atoms with Crippen LogP contribution >= 0.6 is 11.3 Å². The third-order valence-corrected chi connectivity index (χ3v) is 11.0. The SMILES string of the molecule is N#Cc1cc2cc(-c3ccc(-n4c5ccccc5c5ccccc54)cc3)c(-c3ccc(-n4c5ccccc5c5ccccc54)cc3)cc2sc1=O. The first kappa shape index (κ1) is 29.2. The third-order valence-electron chi connectivity index (χ3n) is 10.0. The quantitative estimate of drug-likeness (QED) is 0.187. The maximum atomic E-state index is 12.8. The second-order valence-electron chi connectivity index (χ2n) is 12.8. The molecule has 10 aromatic rings. The van der Waals surface area contributed by atoms with E-state index in [0.29, 0.717) is 0 Å². The van der Waals surface area contributed by atoms with Gasteiger partial charge in [-0.2, -0.15) is 5.26 Å². The van der Waals surface area contributed by atoms with E-state index in [0.717, 1.165) is 55.1 Å². The molecule has 0 N–H and O–H groups in total. The molecule has 3 aromatic heterocycles. The number of aromatic nitrogens is 2. The van der Waals surface area contributed by atoms with Crippen LogP contribution in [-0.2, 0) is 0 Å². The zero-order valence-corrected chi connectivity index (χ0v) is 28.1. The Kier molecular flexibility index (Phi) is 6.54.